The van der Waals surface area contributed by atoms with Crippen molar-refractivity contribution in [2.45, 2.75) is 19.4 Å². The largest absolute Gasteiger partial charge is 0.348 e. The van der Waals surface area contributed by atoms with E-state index in [4.69, 9.17) is 0 Å². The number of nitrogens with zero attached hydrogens (tertiary/aromatic N) is 1. The minimum Gasteiger partial charge on any atom is -0.348 e. The van der Waals surface area contributed by atoms with Crippen molar-refractivity contribution in [3.8, 4) is 0 Å². The quantitative estimate of drug-likeness (QED) is 0.637. The van der Waals surface area contributed by atoms with Crippen LogP contribution >= 0.6 is 0 Å². The molecule has 1 aliphatic heterocycles. The van der Waals surface area contributed by atoms with E-state index in [9.17, 15) is 23.2 Å². The molecule has 3 rings (SSSR count). The lowest BCUT2D eigenvalue weighted by Gasteiger charge is -2.32. The van der Waals surface area contributed by atoms with Crippen molar-refractivity contribution < 1.29 is 23.2 Å². The summed E-state index contributed by atoms with van der Waals surface area (Å²) in [6.07, 6.45) is 1.38. The first kappa shape index (κ1) is 22.2. The van der Waals surface area contributed by atoms with Crippen LogP contribution < -0.4 is 16.0 Å². The third-order valence-corrected chi connectivity index (χ3v) is 5.12. The molecule has 0 saturated carbocycles. The fourth-order valence-electron chi connectivity index (χ4n) is 3.26. The first-order valence-electron chi connectivity index (χ1n) is 10.0. The van der Waals surface area contributed by atoms with Crippen LogP contribution in [0.5, 0.6) is 0 Å². The summed E-state index contributed by atoms with van der Waals surface area (Å²) in [5, 5.41) is 7.84. The van der Waals surface area contributed by atoms with Gasteiger partial charge in [-0.1, -0.05) is 12.1 Å². The highest BCUT2D eigenvalue weighted by Gasteiger charge is 2.24. The molecule has 1 aliphatic rings. The molecule has 3 N–H and O–H groups in total. The van der Waals surface area contributed by atoms with Crippen molar-refractivity contribution in [3.05, 3.63) is 65.7 Å². The number of likely N-dealkylation sites (tertiary alicyclic amines) is 1. The molecule has 31 heavy (non-hydrogen) atoms. The van der Waals surface area contributed by atoms with E-state index in [0.717, 1.165) is 0 Å². The molecule has 1 saturated heterocycles. The second-order valence-electron chi connectivity index (χ2n) is 7.39. The fraction of sp³-hybridized carbons (Fsp3) is 0.318. The molecular formula is C22H24F2N4O3. The van der Waals surface area contributed by atoms with Gasteiger partial charge < -0.3 is 20.9 Å². The summed E-state index contributed by atoms with van der Waals surface area (Å²) in [5.74, 6) is -2.06. The van der Waals surface area contributed by atoms with Gasteiger partial charge in [-0.25, -0.2) is 13.6 Å². The number of rotatable bonds is 5. The van der Waals surface area contributed by atoms with Crippen molar-refractivity contribution in [3.63, 3.8) is 0 Å². The van der Waals surface area contributed by atoms with Crippen LogP contribution in [-0.2, 0) is 16.1 Å². The number of urea groups is 1. The molecule has 2 aromatic carbocycles. The summed E-state index contributed by atoms with van der Waals surface area (Å²) in [6.45, 7) is 1.51. The van der Waals surface area contributed by atoms with Gasteiger partial charge in [0.1, 0.15) is 11.6 Å². The molecule has 0 spiro atoms. The third kappa shape index (κ3) is 6.77. The minimum absolute atomic E-state index is 0.133. The van der Waals surface area contributed by atoms with Crippen molar-refractivity contribution >= 4 is 23.5 Å². The Balaban J connectivity index is 1.35. The Morgan fingerprint density at radius 3 is 2.00 bits per heavy atom. The summed E-state index contributed by atoms with van der Waals surface area (Å²) in [6, 6.07) is 10.9. The summed E-state index contributed by atoms with van der Waals surface area (Å²) in [4.78, 5) is 37.8. The number of hydrogen-bond acceptors (Lipinski definition) is 3. The van der Waals surface area contributed by atoms with Crippen LogP contribution in [0, 0.1) is 17.6 Å². The Morgan fingerprint density at radius 1 is 0.839 bits per heavy atom. The summed E-state index contributed by atoms with van der Waals surface area (Å²) >= 11 is 0. The highest BCUT2D eigenvalue weighted by Crippen LogP contribution is 2.18. The Morgan fingerprint density at radius 2 is 1.39 bits per heavy atom. The van der Waals surface area contributed by atoms with Crippen LogP contribution in [-0.4, -0.2) is 42.4 Å². The Hall–Kier alpha value is -3.49. The maximum atomic E-state index is 12.9. The molecule has 4 amide bonds. The maximum absolute atomic E-state index is 12.9. The van der Waals surface area contributed by atoms with E-state index >= 15 is 0 Å². The minimum atomic E-state index is -0.750. The van der Waals surface area contributed by atoms with Crippen LogP contribution in [0.4, 0.5) is 19.3 Å². The SMILES string of the molecule is O=C(NCc1ccc(F)cc1)C(=O)NCC1CCN(C(=O)Nc2ccc(F)cc2)CC1. The number of nitrogens with one attached hydrogen (secondary N) is 3. The van der Waals surface area contributed by atoms with Gasteiger partial charge in [0, 0.05) is 31.9 Å². The highest BCUT2D eigenvalue weighted by molar-refractivity contribution is 6.35. The molecular weight excluding hydrogens is 406 g/mol. The van der Waals surface area contributed by atoms with Crippen LogP contribution in [0.3, 0.4) is 0 Å². The Labute approximate surface area is 178 Å². The first-order valence-corrected chi connectivity index (χ1v) is 10.0. The molecule has 0 atom stereocenters. The molecule has 1 fully saturated rings. The van der Waals surface area contributed by atoms with Gasteiger partial charge in [0.2, 0.25) is 0 Å². The topological polar surface area (TPSA) is 90.5 Å². The number of benzene rings is 2. The van der Waals surface area contributed by atoms with E-state index in [0.29, 0.717) is 43.7 Å². The third-order valence-electron chi connectivity index (χ3n) is 5.12. The number of carbonyl (C=O) groups excluding carboxylic acids is 3. The molecule has 0 unspecified atom stereocenters. The Kier molecular flexibility index (Phi) is 7.53. The Bertz CT molecular complexity index is 911. The monoisotopic (exact) mass is 430 g/mol. The number of carbonyl (C=O) groups is 3. The highest BCUT2D eigenvalue weighted by atomic mass is 19.1. The fourth-order valence-corrected chi connectivity index (χ4v) is 3.26. The molecule has 7 nitrogen and oxygen atoms in total. The second-order valence-corrected chi connectivity index (χ2v) is 7.39. The standard InChI is InChI=1S/C22H24F2N4O3/c23-17-3-1-15(2-4-17)13-25-20(29)21(30)26-14-16-9-11-28(12-10-16)22(31)27-19-7-5-18(24)6-8-19/h1-8,16H,9-14H2,(H,25,29)(H,26,30)(H,27,31). The van der Waals surface area contributed by atoms with Gasteiger partial charge in [0.25, 0.3) is 0 Å². The van der Waals surface area contributed by atoms with Gasteiger partial charge in [0.15, 0.2) is 0 Å². The predicted molar refractivity (Wildman–Crippen MR) is 111 cm³/mol. The van der Waals surface area contributed by atoms with Gasteiger partial charge in [-0.05, 0) is 60.7 Å². The molecule has 0 radical (unpaired) electrons. The van der Waals surface area contributed by atoms with E-state index in [2.05, 4.69) is 16.0 Å². The lowest BCUT2D eigenvalue weighted by molar-refractivity contribution is -0.139. The second kappa shape index (κ2) is 10.5. The lowest BCUT2D eigenvalue weighted by Crippen LogP contribution is -2.45. The number of anilines is 1. The zero-order chi connectivity index (χ0) is 22.2. The average molecular weight is 430 g/mol. The van der Waals surface area contributed by atoms with Crippen LogP contribution in [0.25, 0.3) is 0 Å². The molecule has 9 heteroatoms. The van der Waals surface area contributed by atoms with Crippen LogP contribution in [0.15, 0.2) is 48.5 Å². The molecule has 0 bridgehead atoms. The lowest BCUT2D eigenvalue weighted by atomic mass is 9.97. The molecule has 164 valence electrons. The van der Waals surface area contributed by atoms with Gasteiger partial charge in [-0.2, -0.15) is 0 Å². The van der Waals surface area contributed by atoms with Crippen molar-refractivity contribution in [2.24, 2.45) is 5.92 Å². The molecule has 0 aliphatic carbocycles. The van der Waals surface area contributed by atoms with Gasteiger partial charge in [0.05, 0.1) is 0 Å². The maximum Gasteiger partial charge on any atom is 0.321 e. The van der Waals surface area contributed by atoms with E-state index in [-0.39, 0.29) is 30.1 Å². The van der Waals surface area contributed by atoms with Gasteiger partial charge >= 0.3 is 17.8 Å². The van der Waals surface area contributed by atoms with Gasteiger partial charge in [-0.3, -0.25) is 9.59 Å². The van der Waals surface area contributed by atoms with Crippen molar-refractivity contribution in [1.82, 2.24) is 15.5 Å². The van der Waals surface area contributed by atoms with Crippen LogP contribution in [0.1, 0.15) is 18.4 Å². The van der Waals surface area contributed by atoms with Crippen LogP contribution in [0.2, 0.25) is 0 Å². The number of hydrogen-bond donors (Lipinski definition) is 3. The van der Waals surface area contributed by atoms with E-state index in [1.807, 2.05) is 0 Å². The average Bonchev–Trinajstić information content (AvgIpc) is 2.78. The molecule has 1 heterocycles. The molecule has 2 aromatic rings. The smallest absolute Gasteiger partial charge is 0.321 e. The van der Waals surface area contributed by atoms with E-state index in [1.165, 1.54) is 48.5 Å². The van der Waals surface area contributed by atoms with Crippen molar-refractivity contribution in [2.75, 3.05) is 25.0 Å². The first-order chi connectivity index (χ1) is 14.9. The molecule has 0 aromatic heterocycles. The van der Waals surface area contributed by atoms with Crippen molar-refractivity contribution in [1.29, 1.82) is 0 Å². The van der Waals surface area contributed by atoms with E-state index in [1.54, 1.807) is 4.90 Å². The summed E-state index contributed by atoms with van der Waals surface area (Å²) < 4.78 is 25.8. The predicted octanol–water partition coefficient (Wildman–Crippen LogP) is 2.64. The summed E-state index contributed by atoms with van der Waals surface area (Å²) in [5.41, 5.74) is 1.21. The number of amides is 4. The number of piperidine rings is 1. The van der Waals surface area contributed by atoms with E-state index < -0.39 is 11.8 Å². The zero-order valence-corrected chi connectivity index (χ0v) is 16.9. The summed E-state index contributed by atoms with van der Waals surface area (Å²) in [7, 11) is 0. The normalized spacial score (nSPS) is 14.1. The number of halogens is 2. The van der Waals surface area contributed by atoms with Gasteiger partial charge in [-0.15, -0.1) is 0 Å². The zero-order valence-electron chi connectivity index (χ0n) is 16.9.